The molecule has 0 spiro atoms. The Bertz CT molecular complexity index is 407. The Hall–Kier alpha value is -1.26. The van der Waals surface area contributed by atoms with Gasteiger partial charge in [0.05, 0.1) is 12.7 Å². The molecule has 2 atom stereocenters. The van der Waals surface area contributed by atoms with Gasteiger partial charge in [-0.2, -0.15) is 0 Å². The number of fused-ring (bicyclic) bond motifs is 1. The second-order valence-electron chi connectivity index (χ2n) is 5.36. The Balaban J connectivity index is 1.48. The van der Waals surface area contributed by atoms with E-state index < -0.39 is 0 Å². The van der Waals surface area contributed by atoms with Crippen LogP contribution in [0.5, 0.6) is 5.75 Å². The lowest BCUT2D eigenvalue weighted by Gasteiger charge is -2.37. The van der Waals surface area contributed by atoms with Crippen molar-refractivity contribution in [2.45, 2.75) is 31.4 Å². The summed E-state index contributed by atoms with van der Waals surface area (Å²) >= 11 is 0. The SMILES string of the molecule is Nc1ccc(OCCN2CCOC3CCCC32)cc1. The molecular formula is C15H22N2O2. The molecule has 2 unspecified atom stereocenters. The van der Waals surface area contributed by atoms with Crippen molar-refractivity contribution in [3.63, 3.8) is 0 Å². The molecule has 2 N–H and O–H groups in total. The molecule has 1 aliphatic carbocycles. The normalized spacial score (nSPS) is 27.2. The number of hydrogen-bond acceptors (Lipinski definition) is 4. The number of nitrogens with zero attached hydrogens (tertiary/aromatic N) is 1. The van der Waals surface area contributed by atoms with Gasteiger partial charge >= 0.3 is 0 Å². The van der Waals surface area contributed by atoms with Crippen molar-refractivity contribution in [2.75, 3.05) is 32.0 Å². The molecule has 1 saturated heterocycles. The van der Waals surface area contributed by atoms with Crippen LogP contribution in [-0.2, 0) is 4.74 Å². The highest BCUT2D eigenvalue weighted by atomic mass is 16.5. The van der Waals surface area contributed by atoms with E-state index in [1.807, 2.05) is 24.3 Å². The van der Waals surface area contributed by atoms with E-state index in [4.69, 9.17) is 15.2 Å². The van der Waals surface area contributed by atoms with Gasteiger partial charge in [0.25, 0.3) is 0 Å². The van der Waals surface area contributed by atoms with Crippen LogP contribution in [0.25, 0.3) is 0 Å². The Kier molecular flexibility index (Phi) is 3.89. The first-order valence-electron chi connectivity index (χ1n) is 7.17. The molecule has 0 radical (unpaired) electrons. The zero-order valence-corrected chi connectivity index (χ0v) is 11.3. The van der Waals surface area contributed by atoms with Crippen LogP contribution in [-0.4, -0.2) is 43.3 Å². The molecular weight excluding hydrogens is 240 g/mol. The molecule has 1 heterocycles. The van der Waals surface area contributed by atoms with Crippen LogP contribution >= 0.6 is 0 Å². The third-order valence-corrected chi connectivity index (χ3v) is 4.12. The highest BCUT2D eigenvalue weighted by Crippen LogP contribution is 2.29. The molecule has 2 aliphatic rings. The molecule has 4 nitrogen and oxygen atoms in total. The molecule has 2 fully saturated rings. The van der Waals surface area contributed by atoms with Crippen LogP contribution in [0.1, 0.15) is 19.3 Å². The Labute approximate surface area is 114 Å². The average Bonchev–Trinajstić information content (AvgIpc) is 2.90. The highest BCUT2D eigenvalue weighted by Gasteiger charge is 2.35. The van der Waals surface area contributed by atoms with Crippen molar-refractivity contribution in [2.24, 2.45) is 0 Å². The molecule has 0 bridgehead atoms. The van der Waals surface area contributed by atoms with E-state index in [1.165, 1.54) is 19.3 Å². The first-order valence-corrected chi connectivity index (χ1v) is 7.17. The lowest BCUT2D eigenvalue weighted by Crippen LogP contribution is -2.49. The summed E-state index contributed by atoms with van der Waals surface area (Å²) in [6, 6.07) is 8.21. The summed E-state index contributed by atoms with van der Waals surface area (Å²) in [5.41, 5.74) is 6.43. The first-order chi connectivity index (χ1) is 9.33. The van der Waals surface area contributed by atoms with Crippen LogP contribution < -0.4 is 10.5 Å². The fraction of sp³-hybridized carbons (Fsp3) is 0.600. The molecule has 0 amide bonds. The van der Waals surface area contributed by atoms with Gasteiger partial charge in [0, 0.05) is 24.8 Å². The molecule has 19 heavy (non-hydrogen) atoms. The van der Waals surface area contributed by atoms with E-state index in [0.29, 0.717) is 12.1 Å². The minimum atomic E-state index is 0.463. The number of anilines is 1. The predicted molar refractivity (Wildman–Crippen MR) is 75.3 cm³/mol. The summed E-state index contributed by atoms with van der Waals surface area (Å²) in [6.45, 7) is 3.61. The predicted octanol–water partition coefficient (Wildman–Crippen LogP) is 1.90. The van der Waals surface area contributed by atoms with E-state index >= 15 is 0 Å². The monoisotopic (exact) mass is 262 g/mol. The zero-order valence-electron chi connectivity index (χ0n) is 11.3. The molecule has 0 aromatic heterocycles. The number of benzene rings is 1. The number of morpholine rings is 1. The maximum atomic E-state index is 5.81. The van der Waals surface area contributed by atoms with Gasteiger partial charge in [-0.25, -0.2) is 0 Å². The van der Waals surface area contributed by atoms with Crippen molar-refractivity contribution < 1.29 is 9.47 Å². The molecule has 1 aliphatic heterocycles. The van der Waals surface area contributed by atoms with E-state index in [0.717, 1.165) is 37.7 Å². The number of ether oxygens (including phenoxy) is 2. The molecule has 3 rings (SSSR count). The topological polar surface area (TPSA) is 47.7 Å². The average molecular weight is 262 g/mol. The first kappa shape index (κ1) is 12.8. The van der Waals surface area contributed by atoms with Crippen LogP contribution in [0, 0.1) is 0 Å². The number of rotatable bonds is 4. The number of nitrogen functional groups attached to an aromatic ring is 1. The van der Waals surface area contributed by atoms with Crippen LogP contribution in [0.15, 0.2) is 24.3 Å². The van der Waals surface area contributed by atoms with Crippen molar-refractivity contribution in [1.29, 1.82) is 0 Å². The summed E-state index contributed by atoms with van der Waals surface area (Å²) in [4.78, 5) is 2.53. The molecule has 4 heteroatoms. The summed E-state index contributed by atoms with van der Waals surface area (Å²) < 4.78 is 11.6. The van der Waals surface area contributed by atoms with Gasteiger partial charge in [-0.05, 0) is 43.5 Å². The van der Waals surface area contributed by atoms with Crippen LogP contribution in [0.3, 0.4) is 0 Å². The smallest absolute Gasteiger partial charge is 0.119 e. The largest absolute Gasteiger partial charge is 0.492 e. The fourth-order valence-corrected chi connectivity index (χ4v) is 3.13. The summed E-state index contributed by atoms with van der Waals surface area (Å²) in [5, 5.41) is 0. The fourth-order valence-electron chi connectivity index (χ4n) is 3.13. The van der Waals surface area contributed by atoms with Gasteiger partial charge in [-0.15, -0.1) is 0 Å². The van der Waals surface area contributed by atoms with Crippen molar-refractivity contribution >= 4 is 5.69 Å². The third-order valence-electron chi connectivity index (χ3n) is 4.12. The summed E-state index contributed by atoms with van der Waals surface area (Å²) in [7, 11) is 0. The standard InChI is InChI=1S/C15H22N2O2/c16-12-4-6-13(7-5-12)18-10-8-17-9-11-19-15-3-1-2-14(15)17/h4-7,14-15H,1-3,8-11,16H2. The van der Waals surface area contributed by atoms with E-state index in [1.54, 1.807) is 0 Å². The van der Waals surface area contributed by atoms with Crippen LogP contribution in [0.2, 0.25) is 0 Å². The maximum absolute atomic E-state index is 5.81. The van der Waals surface area contributed by atoms with Gasteiger partial charge in [0.2, 0.25) is 0 Å². The number of hydrogen-bond donors (Lipinski definition) is 1. The Morgan fingerprint density at radius 1 is 1.26 bits per heavy atom. The molecule has 104 valence electrons. The third kappa shape index (κ3) is 3.01. The minimum absolute atomic E-state index is 0.463. The quantitative estimate of drug-likeness (QED) is 0.842. The van der Waals surface area contributed by atoms with Gasteiger partial charge < -0.3 is 15.2 Å². The minimum Gasteiger partial charge on any atom is -0.492 e. The van der Waals surface area contributed by atoms with Gasteiger partial charge in [-0.1, -0.05) is 0 Å². The Morgan fingerprint density at radius 3 is 2.95 bits per heavy atom. The van der Waals surface area contributed by atoms with E-state index in [2.05, 4.69) is 4.90 Å². The van der Waals surface area contributed by atoms with Gasteiger partial charge in [-0.3, -0.25) is 4.90 Å². The summed E-state index contributed by atoms with van der Waals surface area (Å²) in [6.07, 6.45) is 4.25. The van der Waals surface area contributed by atoms with Crippen molar-refractivity contribution in [3.8, 4) is 5.75 Å². The summed E-state index contributed by atoms with van der Waals surface area (Å²) in [5.74, 6) is 0.894. The lowest BCUT2D eigenvalue weighted by atomic mass is 10.1. The van der Waals surface area contributed by atoms with Crippen LogP contribution in [0.4, 0.5) is 5.69 Å². The molecule has 1 saturated carbocycles. The van der Waals surface area contributed by atoms with Crippen molar-refractivity contribution in [3.05, 3.63) is 24.3 Å². The van der Waals surface area contributed by atoms with E-state index in [9.17, 15) is 0 Å². The second-order valence-corrected chi connectivity index (χ2v) is 5.36. The second kappa shape index (κ2) is 5.80. The number of nitrogens with two attached hydrogens (primary N) is 1. The Morgan fingerprint density at radius 2 is 2.11 bits per heavy atom. The van der Waals surface area contributed by atoms with Gasteiger partial charge in [0.1, 0.15) is 12.4 Å². The van der Waals surface area contributed by atoms with Gasteiger partial charge in [0.15, 0.2) is 0 Å². The zero-order chi connectivity index (χ0) is 13.1. The molecule has 1 aromatic carbocycles. The maximum Gasteiger partial charge on any atom is 0.119 e. The van der Waals surface area contributed by atoms with Crippen molar-refractivity contribution in [1.82, 2.24) is 4.90 Å². The highest BCUT2D eigenvalue weighted by molar-refractivity contribution is 5.41. The molecule has 1 aromatic rings. The van der Waals surface area contributed by atoms with E-state index in [-0.39, 0.29) is 0 Å². The lowest BCUT2D eigenvalue weighted by molar-refractivity contribution is -0.0583.